The molecular formula is C12H22N2O3. The minimum absolute atomic E-state index is 0.0380. The number of methoxy groups -OCH3 is 1. The first kappa shape index (κ1) is 14.0. The molecule has 1 saturated heterocycles. The molecule has 1 N–H and O–H groups in total. The number of likely N-dealkylation sites (tertiary alicyclic amines) is 1. The molecule has 1 fully saturated rings. The number of carbonyl (C=O) groups excluding carboxylic acids is 2. The van der Waals surface area contributed by atoms with Crippen LogP contribution in [0.25, 0.3) is 0 Å². The maximum Gasteiger partial charge on any atom is 0.232 e. The van der Waals surface area contributed by atoms with Crippen LogP contribution in [0.3, 0.4) is 0 Å². The van der Waals surface area contributed by atoms with Gasteiger partial charge in [0.15, 0.2) is 0 Å². The van der Waals surface area contributed by atoms with Crippen molar-refractivity contribution in [2.75, 3.05) is 33.4 Å². The maximum atomic E-state index is 11.8. The average Bonchev–Trinajstić information content (AvgIpc) is 2.57. The highest BCUT2D eigenvalue weighted by Crippen LogP contribution is 2.10. The Morgan fingerprint density at radius 3 is 2.41 bits per heavy atom. The predicted molar refractivity (Wildman–Crippen MR) is 64.6 cm³/mol. The molecule has 0 bridgehead atoms. The Bertz CT molecular complexity index is 248. The lowest BCUT2D eigenvalue weighted by atomic mass is 10.2. The van der Waals surface area contributed by atoms with E-state index in [4.69, 9.17) is 4.74 Å². The average molecular weight is 242 g/mol. The van der Waals surface area contributed by atoms with Gasteiger partial charge in [0.2, 0.25) is 11.8 Å². The van der Waals surface area contributed by atoms with Crippen molar-refractivity contribution in [3.8, 4) is 0 Å². The highest BCUT2D eigenvalue weighted by atomic mass is 16.5. The summed E-state index contributed by atoms with van der Waals surface area (Å²) in [5.74, 6) is -0.266. The van der Waals surface area contributed by atoms with Crippen LogP contribution in [0.2, 0.25) is 0 Å². The lowest BCUT2D eigenvalue weighted by Gasteiger charge is -2.19. The van der Waals surface area contributed by atoms with E-state index in [9.17, 15) is 9.59 Å². The third-order valence-electron chi connectivity index (χ3n) is 2.90. The van der Waals surface area contributed by atoms with Gasteiger partial charge in [0, 0.05) is 26.7 Å². The molecule has 1 rings (SSSR count). The standard InChI is InChI=1S/C12H22N2O3/c1-17-9-6-13-11(15)10-12(16)14-7-4-2-3-5-8-14/h2-10H2,1H3,(H,13,15). The molecule has 0 saturated carbocycles. The molecule has 0 unspecified atom stereocenters. The number of carbonyl (C=O) groups is 2. The van der Waals surface area contributed by atoms with E-state index in [0.717, 1.165) is 25.9 Å². The van der Waals surface area contributed by atoms with Crippen LogP contribution in [0, 0.1) is 0 Å². The second kappa shape index (κ2) is 8.06. The van der Waals surface area contributed by atoms with E-state index in [1.807, 2.05) is 4.90 Å². The SMILES string of the molecule is COCCNC(=O)CC(=O)N1CCCCCC1. The number of rotatable bonds is 5. The second-order valence-electron chi connectivity index (χ2n) is 4.31. The quantitative estimate of drug-likeness (QED) is 0.565. The van der Waals surface area contributed by atoms with Crippen LogP contribution in [0.5, 0.6) is 0 Å². The molecule has 17 heavy (non-hydrogen) atoms. The van der Waals surface area contributed by atoms with E-state index in [1.165, 1.54) is 12.8 Å². The van der Waals surface area contributed by atoms with Crippen LogP contribution in [0.4, 0.5) is 0 Å². The number of ether oxygens (including phenoxy) is 1. The van der Waals surface area contributed by atoms with Crippen molar-refractivity contribution >= 4 is 11.8 Å². The summed E-state index contributed by atoms with van der Waals surface area (Å²) in [6.45, 7) is 2.53. The number of nitrogens with zero attached hydrogens (tertiary/aromatic N) is 1. The van der Waals surface area contributed by atoms with Crippen LogP contribution < -0.4 is 5.32 Å². The zero-order chi connectivity index (χ0) is 12.5. The second-order valence-corrected chi connectivity index (χ2v) is 4.31. The van der Waals surface area contributed by atoms with Crippen molar-refractivity contribution < 1.29 is 14.3 Å². The molecule has 5 heteroatoms. The largest absolute Gasteiger partial charge is 0.383 e. The first-order valence-corrected chi connectivity index (χ1v) is 6.27. The summed E-state index contributed by atoms with van der Waals surface area (Å²) >= 11 is 0. The molecule has 0 aliphatic carbocycles. The number of nitrogens with one attached hydrogen (secondary N) is 1. The van der Waals surface area contributed by atoms with Gasteiger partial charge in [-0.1, -0.05) is 12.8 Å². The highest BCUT2D eigenvalue weighted by molar-refractivity contribution is 5.96. The van der Waals surface area contributed by atoms with Crippen molar-refractivity contribution in [2.45, 2.75) is 32.1 Å². The summed E-state index contributed by atoms with van der Waals surface area (Å²) in [6.07, 6.45) is 4.44. The minimum Gasteiger partial charge on any atom is -0.383 e. The first-order valence-electron chi connectivity index (χ1n) is 6.27. The Kier molecular flexibility index (Phi) is 6.62. The number of hydrogen-bond donors (Lipinski definition) is 1. The molecule has 5 nitrogen and oxygen atoms in total. The zero-order valence-corrected chi connectivity index (χ0v) is 10.5. The molecule has 1 heterocycles. The molecule has 2 amide bonds. The topological polar surface area (TPSA) is 58.6 Å². The summed E-state index contributed by atoms with van der Waals surface area (Å²) in [7, 11) is 1.58. The third-order valence-corrected chi connectivity index (χ3v) is 2.90. The van der Waals surface area contributed by atoms with E-state index in [1.54, 1.807) is 7.11 Å². The Labute approximate surface area is 102 Å². The van der Waals surface area contributed by atoms with Gasteiger partial charge in [-0.2, -0.15) is 0 Å². The summed E-state index contributed by atoms with van der Waals surface area (Å²) in [6, 6.07) is 0. The smallest absolute Gasteiger partial charge is 0.232 e. The Balaban J connectivity index is 2.24. The van der Waals surface area contributed by atoms with Crippen LogP contribution in [-0.4, -0.2) is 50.1 Å². The molecular weight excluding hydrogens is 220 g/mol. The van der Waals surface area contributed by atoms with Gasteiger partial charge in [-0.15, -0.1) is 0 Å². The van der Waals surface area contributed by atoms with Crippen molar-refractivity contribution in [3.63, 3.8) is 0 Å². The molecule has 0 aromatic heterocycles. The van der Waals surface area contributed by atoms with Crippen molar-refractivity contribution in [3.05, 3.63) is 0 Å². The van der Waals surface area contributed by atoms with Crippen molar-refractivity contribution in [1.82, 2.24) is 10.2 Å². The highest BCUT2D eigenvalue weighted by Gasteiger charge is 2.17. The normalized spacial score (nSPS) is 16.4. The van der Waals surface area contributed by atoms with E-state index >= 15 is 0 Å². The van der Waals surface area contributed by atoms with E-state index in [2.05, 4.69) is 5.32 Å². The van der Waals surface area contributed by atoms with Gasteiger partial charge < -0.3 is 15.0 Å². The van der Waals surface area contributed by atoms with Gasteiger partial charge in [0.05, 0.1) is 6.61 Å². The lowest BCUT2D eigenvalue weighted by molar-refractivity contribution is -0.136. The molecule has 0 aromatic rings. The summed E-state index contributed by atoms with van der Waals surface area (Å²) in [5.41, 5.74) is 0. The van der Waals surface area contributed by atoms with Gasteiger partial charge in [-0.05, 0) is 12.8 Å². The van der Waals surface area contributed by atoms with Gasteiger partial charge in [0.25, 0.3) is 0 Å². The van der Waals surface area contributed by atoms with E-state index < -0.39 is 0 Å². The molecule has 0 spiro atoms. The lowest BCUT2D eigenvalue weighted by Crippen LogP contribution is -2.37. The van der Waals surface area contributed by atoms with Crippen molar-refractivity contribution in [2.24, 2.45) is 0 Å². The van der Waals surface area contributed by atoms with Crippen LogP contribution >= 0.6 is 0 Å². The fourth-order valence-electron chi connectivity index (χ4n) is 1.92. The summed E-state index contributed by atoms with van der Waals surface area (Å²) < 4.78 is 4.82. The van der Waals surface area contributed by atoms with Crippen LogP contribution in [-0.2, 0) is 14.3 Å². The first-order chi connectivity index (χ1) is 8.24. The Morgan fingerprint density at radius 2 is 1.82 bits per heavy atom. The summed E-state index contributed by atoms with van der Waals surface area (Å²) in [5, 5.41) is 2.66. The third kappa shape index (κ3) is 5.68. The molecule has 0 radical (unpaired) electrons. The van der Waals surface area contributed by atoms with Gasteiger partial charge in [0.1, 0.15) is 6.42 Å². The maximum absolute atomic E-state index is 11.8. The van der Waals surface area contributed by atoms with Gasteiger partial charge >= 0.3 is 0 Å². The fraction of sp³-hybridized carbons (Fsp3) is 0.833. The Hall–Kier alpha value is -1.10. The van der Waals surface area contributed by atoms with Gasteiger partial charge in [-0.3, -0.25) is 9.59 Å². The van der Waals surface area contributed by atoms with Crippen LogP contribution in [0.1, 0.15) is 32.1 Å². The minimum atomic E-state index is -0.212. The number of amides is 2. The molecule has 0 aromatic carbocycles. The molecule has 0 atom stereocenters. The van der Waals surface area contributed by atoms with Crippen molar-refractivity contribution in [1.29, 1.82) is 0 Å². The van der Waals surface area contributed by atoms with E-state index in [0.29, 0.717) is 13.2 Å². The number of hydrogen-bond acceptors (Lipinski definition) is 3. The fourth-order valence-corrected chi connectivity index (χ4v) is 1.92. The van der Waals surface area contributed by atoms with E-state index in [-0.39, 0.29) is 18.2 Å². The molecule has 1 aliphatic heterocycles. The molecule has 98 valence electrons. The zero-order valence-electron chi connectivity index (χ0n) is 10.5. The molecule has 1 aliphatic rings. The Morgan fingerprint density at radius 1 is 1.18 bits per heavy atom. The van der Waals surface area contributed by atoms with Gasteiger partial charge in [-0.25, -0.2) is 0 Å². The van der Waals surface area contributed by atoms with Crippen LogP contribution in [0.15, 0.2) is 0 Å². The summed E-state index contributed by atoms with van der Waals surface area (Å²) in [4.78, 5) is 25.1. The monoisotopic (exact) mass is 242 g/mol. The predicted octanol–water partition coefficient (Wildman–Crippen LogP) is 0.542.